The SMILES string of the molecule is COc1ccc(CC(=O)Nc2ccc3cc(C(=O)Nc4ccccc4N)sc3c2)cc1. The van der Waals surface area contributed by atoms with Gasteiger partial charge in [0.15, 0.2) is 0 Å². The van der Waals surface area contributed by atoms with Gasteiger partial charge in [-0.1, -0.05) is 30.3 Å². The van der Waals surface area contributed by atoms with Gasteiger partial charge in [-0.25, -0.2) is 0 Å². The topological polar surface area (TPSA) is 93.4 Å². The molecule has 4 aromatic rings. The van der Waals surface area contributed by atoms with E-state index in [4.69, 9.17) is 10.5 Å². The molecule has 0 atom stereocenters. The number of hydrogen-bond donors (Lipinski definition) is 3. The Morgan fingerprint density at radius 3 is 2.48 bits per heavy atom. The average molecular weight is 432 g/mol. The van der Waals surface area contributed by atoms with E-state index >= 15 is 0 Å². The number of carbonyl (C=O) groups excluding carboxylic acids is 2. The van der Waals surface area contributed by atoms with Crippen molar-refractivity contribution < 1.29 is 14.3 Å². The van der Waals surface area contributed by atoms with Gasteiger partial charge in [-0.3, -0.25) is 9.59 Å². The fraction of sp³-hybridized carbons (Fsp3) is 0.0833. The normalized spacial score (nSPS) is 10.6. The van der Waals surface area contributed by atoms with E-state index in [1.807, 2.05) is 60.7 Å². The van der Waals surface area contributed by atoms with Gasteiger partial charge in [0.25, 0.3) is 5.91 Å². The summed E-state index contributed by atoms with van der Waals surface area (Å²) in [5, 5.41) is 6.69. The molecule has 0 aliphatic carbocycles. The van der Waals surface area contributed by atoms with E-state index in [1.165, 1.54) is 11.3 Å². The zero-order chi connectivity index (χ0) is 21.8. The van der Waals surface area contributed by atoms with E-state index in [0.29, 0.717) is 21.9 Å². The van der Waals surface area contributed by atoms with Crippen molar-refractivity contribution in [2.24, 2.45) is 0 Å². The predicted molar refractivity (Wildman–Crippen MR) is 126 cm³/mol. The fourth-order valence-corrected chi connectivity index (χ4v) is 4.15. The highest BCUT2D eigenvalue weighted by Gasteiger charge is 2.13. The van der Waals surface area contributed by atoms with Crippen molar-refractivity contribution in [2.45, 2.75) is 6.42 Å². The lowest BCUT2D eigenvalue weighted by atomic mass is 10.1. The number of carbonyl (C=O) groups is 2. The van der Waals surface area contributed by atoms with E-state index < -0.39 is 0 Å². The number of anilines is 3. The molecule has 0 fully saturated rings. The van der Waals surface area contributed by atoms with Crippen LogP contribution < -0.4 is 21.1 Å². The van der Waals surface area contributed by atoms with Crippen LogP contribution >= 0.6 is 11.3 Å². The van der Waals surface area contributed by atoms with Crippen molar-refractivity contribution in [3.05, 3.63) is 83.2 Å². The molecule has 0 saturated heterocycles. The van der Waals surface area contributed by atoms with Gasteiger partial charge < -0.3 is 21.1 Å². The number of nitrogen functional groups attached to an aromatic ring is 1. The van der Waals surface area contributed by atoms with Crippen molar-refractivity contribution in [2.75, 3.05) is 23.5 Å². The third kappa shape index (κ3) is 4.84. The average Bonchev–Trinajstić information content (AvgIpc) is 3.19. The van der Waals surface area contributed by atoms with Crippen molar-refractivity contribution in [3.8, 4) is 5.75 Å². The molecule has 0 aliphatic heterocycles. The third-order valence-corrected chi connectivity index (χ3v) is 5.86. The van der Waals surface area contributed by atoms with Crippen molar-refractivity contribution in [1.29, 1.82) is 0 Å². The molecular weight excluding hydrogens is 410 g/mol. The van der Waals surface area contributed by atoms with Crippen molar-refractivity contribution in [3.63, 3.8) is 0 Å². The van der Waals surface area contributed by atoms with E-state index in [0.717, 1.165) is 21.4 Å². The highest BCUT2D eigenvalue weighted by molar-refractivity contribution is 7.21. The number of fused-ring (bicyclic) bond motifs is 1. The van der Waals surface area contributed by atoms with Crippen LogP contribution in [-0.4, -0.2) is 18.9 Å². The van der Waals surface area contributed by atoms with Gasteiger partial charge >= 0.3 is 0 Å². The summed E-state index contributed by atoms with van der Waals surface area (Å²) in [6.07, 6.45) is 0.263. The Morgan fingerprint density at radius 2 is 1.74 bits per heavy atom. The predicted octanol–water partition coefficient (Wildman–Crippen LogP) is 4.93. The van der Waals surface area contributed by atoms with Crippen LogP contribution in [0.25, 0.3) is 10.1 Å². The zero-order valence-corrected chi connectivity index (χ0v) is 17.7. The Kier molecular flexibility index (Phi) is 5.86. The first-order chi connectivity index (χ1) is 15.0. The second-order valence-electron chi connectivity index (χ2n) is 6.98. The second-order valence-corrected chi connectivity index (χ2v) is 8.06. The summed E-state index contributed by atoms with van der Waals surface area (Å²) in [5.41, 5.74) is 8.58. The maximum absolute atomic E-state index is 12.6. The minimum atomic E-state index is -0.218. The highest BCUT2D eigenvalue weighted by Crippen LogP contribution is 2.29. The van der Waals surface area contributed by atoms with E-state index in [-0.39, 0.29) is 18.2 Å². The summed E-state index contributed by atoms with van der Waals surface area (Å²) in [6.45, 7) is 0. The molecule has 0 bridgehead atoms. The number of methoxy groups -OCH3 is 1. The molecule has 4 N–H and O–H groups in total. The summed E-state index contributed by atoms with van der Waals surface area (Å²) in [7, 11) is 1.61. The minimum absolute atomic E-state index is 0.112. The van der Waals surface area contributed by atoms with Crippen LogP contribution in [0, 0.1) is 0 Å². The lowest BCUT2D eigenvalue weighted by Crippen LogP contribution is -2.14. The first-order valence-electron chi connectivity index (χ1n) is 9.64. The number of thiophene rings is 1. The van der Waals surface area contributed by atoms with Crippen LogP contribution in [0.1, 0.15) is 15.2 Å². The zero-order valence-electron chi connectivity index (χ0n) is 16.8. The minimum Gasteiger partial charge on any atom is -0.497 e. The Bertz CT molecular complexity index is 1250. The molecule has 2 amide bonds. The van der Waals surface area contributed by atoms with Crippen molar-refractivity contribution >= 4 is 50.3 Å². The van der Waals surface area contributed by atoms with Gasteiger partial charge in [-0.15, -0.1) is 11.3 Å². The Labute approximate surface area is 183 Å². The molecule has 31 heavy (non-hydrogen) atoms. The largest absolute Gasteiger partial charge is 0.497 e. The number of nitrogens with two attached hydrogens (primary N) is 1. The summed E-state index contributed by atoms with van der Waals surface area (Å²) in [5.74, 6) is 0.421. The van der Waals surface area contributed by atoms with Gasteiger partial charge in [0, 0.05) is 10.4 Å². The quantitative estimate of drug-likeness (QED) is 0.378. The van der Waals surface area contributed by atoms with E-state index in [2.05, 4.69) is 10.6 Å². The Morgan fingerprint density at radius 1 is 0.968 bits per heavy atom. The second kappa shape index (κ2) is 8.89. The lowest BCUT2D eigenvalue weighted by molar-refractivity contribution is -0.115. The van der Waals surface area contributed by atoms with Gasteiger partial charge in [0.05, 0.1) is 29.8 Å². The van der Waals surface area contributed by atoms with Crippen LogP contribution in [0.5, 0.6) is 5.75 Å². The Hall–Kier alpha value is -3.84. The van der Waals surface area contributed by atoms with Crippen LogP contribution in [0.3, 0.4) is 0 Å². The van der Waals surface area contributed by atoms with Gasteiger partial charge in [-0.05, 0) is 53.4 Å². The number of para-hydroxylation sites is 2. The number of hydrogen-bond acceptors (Lipinski definition) is 5. The summed E-state index contributed by atoms with van der Waals surface area (Å²) in [4.78, 5) is 25.6. The molecule has 0 spiro atoms. The fourth-order valence-electron chi connectivity index (χ4n) is 3.15. The molecular formula is C24H21N3O3S. The van der Waals surface area contributed by atoms with E-state index in [9.17, 15) is 9.59 Å². The monoisotopic (exact) mass is 431 g/mol. The summed E-state index contributed by atoms with van der Waals surface area (Å²) >= 11 is 1.36. The molecule has 156 valence electrons. The van der Waals surface area contributed by atoms with Crippen LogP contribution in [0.2, 0.25) is 0 Å². The first kappa shape index (κ1) is 20.4. The first-order valence-corrected chi connectivity index (χ1v) is 10.5. The maximum Gasteiger partial charge on any atom is 0.265 e. The number of amides is 2. The highest BCUT2D eigenvalue weighted by atomic mass is 32.1. The summed E-state index contributed by atoms with van der Waals surface area (Å²) in [6, 6.07) is 21.9. The van der Waals surface area contributed by atoms with Gasteiger partial charge in [0.2, 0.25) is 5.91 Å². The molecule has 6 nitrogen and oxygen atoms in total. The molecule has 0 radical (unpaired) electrons. The third-order valence-electron chi connectivity index (χ3n) is 4.76. The van der Waals surface area contributed by atoms with E-state index in [1.54, 1.807) is 19.2 Å². The van der Waals surface area contributed by atoms with Crippen LogP contribution in [-0.2, 0) is 11.2 Å². The number of ether oxygens (including phenoxy) is 1. The van der Waals surface area contributed by atoms with Gasteiger partial charge in [-0.2, -0.15) is 0 Å². The van der Waals surface area contributed by atoms with Crippen LogP contribution in [0.4, 0.5) is 17.1 Å². The smallest absolute Gasteiger partial charge is 0.265 e. The number of rotatable bonds is 6. The molecule has 4 rings (SSSR count). The molecule has 0 aliphatic rings. The summed E-state index contributed by atoms with van der Waals surface area (Å²) < 4.78 is 6.05. The molecule has 3 aromatic carbocycles. The number of nitrogens with one attached hydrogen (secondary N) is 2. The lowest BCUT2D eigenvalue weighted by Gasteiger charge is -2.06. The van der Waals surface area contributed by atoms with Crippen molar-refractivity contribution in [1.82, 2.24) is 0 Å². The molecule has 0 saturated carbocycles. The molecule has 1 aromatic heterocycles. The molecule has 1 heterocycles. The van der Waals surface area contributed by atoms with Crippen LogP contribution in [0.15, 0.2) is 72.8 Å². The molecule has 7 heteroatoms. The maximum atomic E-state index is 12.6. The van der Waals surface area contributed by atoms with Gasteiger partial charge in [0.1, 0.15) is 5.75 Å². The molecule has 0 unspecified atom stereocenters. The standard InChI is InChI=1S/C24H21N3O3S/c1-30-18-10-6-15(7-11-18)12-23(28)26-17-9-8-16-13-22(31-21(16)14-17)24(29)27-20-5-3-2-4-19(20)25/h2-11,13-14H,12,25H2,1H3,(H,26,28)(H,27,29). The Balaban J connectivity index is 1.45. The number of benzene rings is 3.